The molecule has 3 aromatic rings. The second kappa shape index (κ2) is 7.21. The van der Waals surface area contributed by atoms with Gasteiger partial charge >= 0.3 is 0 Å². The Morgan fingerprint density at radius 1 is 1.07 bits per heavy atom. The predicted octanol–water partition coefficient (Wildman–Crippen LogP) is 5.04. The summed E-state index contributed by atoms with van der Waals surface area (Å²) in [6.07, 6.45) is 5.18. The van der Waals surface area contributed by atoms with E-state index >= 15 is 0 Å². The fourth-order valence-corrected chi connectivity index (χ4v) is 5.49. The molecule has 2 aliphatic carbocycles. The highest BCUT2D eigenvalue weighted by atomic mass is 16.2. The van der Waals surface area contributed by atoms with Gasteiger partial charge < -0.3 is 5.11 Å². The van der Waals surface area contributed by atoms with E-state index in [1.54, 1.807) is 0 Å². The summed E-state index contributed by atoms with van der Waals surface area (Å²) in [5.41, 5.74) is 4.28. The Bertz CT molecular complexity index is 1120. The molecule has 4 heteroatoms. The topological polar surface area (TPSA) is 63.1 Å². The van der Waals surface area contributed by atoms with Gasteiger partial charge in [-0.3, -0.25) is 4.79 Å². The average molecular weight is 396 g/mol. The Kier molecular flexibility index (Phi) is 4.50. The summed E-state index contributed by atoms with van der Waals surface area (Å²) >= 11 is 0. The van der Waals surface area contributed by atoms with E-state index in [9.17, 15) is 9.90 Å². The standard InChI is InChI=1S/C26H24N2O2/c1-17-22-13-12-19-15-27-25(18-8-4-2-5-9-18)28-24(19)26(22,14-20(16-29)23(17)30)21-10-6-3-7-11-21/h2-11,15-17,22,29H,12-14H2,1H3/t17-,22-,26+/m0/s1. The monoisotopic (exact) mass is 396 g/mol. The van der Waals surface area contributed by atoms with Crippen LogP contribution < -0.4 is 0 Å². The van der Waals surface area contributed by atoms with Crippen molar-refractivity contribution in [2.75, 3.05) is 0 Å². The van der Waals surface area contributed by atoms with Crippen LogP contribution in [0.4, 0.5) is 0 Å². The van der Waals surface area contributed by atoms with Crippen molar-refractivity contribution in [1.82, 2.24) is 9.97 Å². The van der Waals surface area contributed by atoms with Crippen LogP contribution in [0.2, 0.25) is 0 Å². The number of rotatable bonds is 2. The number of aromatic nitrogens is 2. The smallest absolute Gasteiger partial charge is 0.165 e. The molecule has 0 saturated heterocycles. The molecule has 1 fully saturated rings. The Labute approximate surface area is 176 Å². The van der Waals surface area contributed by atoms with Crippen molar-refractivity contribution in [2.24, 2.45) is 11.8 Å². The molecule has 4 nitrogen and oxygen atoms in total. The van der Waals surface area contributed by atoms with E-state index in [0.29, 0.717) is 17.8 Å². The van der Waals surface area contributed by atoms with Gasteiger partial charge in [0.2, 0.25) is 0 Å². The summed E-state index contributed by atoms with van der Waals surface area (Å²) in [4.78, 5) is 22.7. The zero-order valence-electron chi connectivity index (χ0n) is 17.0. The number of hydrogen-bond acceptors (Lipinski definition) is 4. The van der Waals surface area contributed by atoms with Crippen LogP contribution in [0.1, 0.15) is 36.6 Å². The maximum Gasteiger partial charge on any atom is 0.165 e. The number of allylic oxidation sites excluding steroid dienone is 1. The zero-order chi connectivity index (χ0) is 20.7. The molecule has 2 aliphatic rings. The van der Waals surface area contributed by atoms with Crippen LogP contribution >= 0.6 is 0 Å². The Hall–Kier alpha value is -3.27. The van der Waals surface area contributed by atoms with E-state index in [1.165, 1.54) is 0 Å². The van der Waals surface area contributed by atoms with Gasteiger partial charge in [-0.15, -0.1) is 0 Å². The lowest BCUT2D eigenvalue weighted by molar-refractivity contribution is -0.123. The highest BCUT2D eigenvalue weighted by molar-refractivity contribution is 5.98. The Morgan fingerprint density at radius 2 is 1.77 bits per heavy atom. The summed E-state index contributed by atoms with van der Waals surface area (Å²) in [5, 5.41) is 9.90. The van der Waals surface area contributed by atoms with Crippen molar-refractivity contribution >= 4 is 5.78 Å². The van der Waals surface area contributed by atoms with Gasteiger partial charge in [-0.1, -0.05) is 67.6 Å². The molecule has 0 spiro atoms. The highest BCUT2D eigenvalue weighted by Gasteiger charge is 2.54. The first-order chi connectivity index (χ1) is 14.6. The van der Waals surface area contributed by atoms with Crippen molar-refractivity contribution in [1.29, 1.82) is 0 Å². The Morgan fingerprint density at radius 3 is 2.47 bits per heavy atom. The van der Waals surface area contributed by atoms with Gasteiger partial charge in [0, 0.05) is 28.7 Å². The molecule has 3 atom stereocenters. The predicted molar refractivity (Wildman–Crippen MR) is 116 cm³/mol. The van der Waals surface area contributed by atoms with E-state index in [2.05, 4.69) is 17.1 Å². The number of benzene rings is 2. The van der Waals surface area contributed by atoms with Gasteiger partial charge in [0.15, 0.2) is 11.6 Å². The number of carbonyl (C=O) groups is 1. The van der Waals surface area contributed by atoms with Crippen LogP contribution in [0.15, 0.2) is 78.7 Å². The molecule has 1 aromatic heterocycles. The van der Waals surface area contributed by atoms with E-state index in [-0.39, 0.29) is 17.6 Å². The molecule has 30 heavy (non-hydrogen) atoms. The number of hydrogen-bond donors (Lipinski definition) is 1. The van der Waals surface area contributed by atoms with Crippen LogP contribution in [0, 0.1) is 11.8 Å². The SMILES string of the molecule is C[C@@H]1C(=O)C(=CO)C[C@]2(c3ccccc3)c3nc(-c4ccccc4)ncc3CC[C@@H]12. The minimum absolute atomic E-state index is 0.0508. The van der Waals surface area contributed by atoms with Crippen molar-refractivity contribution in [3.8, 4) is 11.4 Å². The van der Waals surface area contributed by atoms with Crippen LogP contribution in [0.3, 0.4) is 0 Å². The molecule has 0 amide bonds. The Balaban J connectivity index is 1.78. The third-order valence-electron chi connectivity index (χ3n) is 6.92. The zero-order valence-corrected chi connectivity index (χ0v) is 17.0. The fourth-order valence-electron chi connectivity index (χ4n) is 5.49. The highest BCUT2D eigenvalue weighted by Crippen LogP contribution is 2.55. The summed E-state index contributed by atoms with van der Waals surface area (Å²) in [6, 6.07) is 20.3. The first kappa shape index (κ1) is 18.7. The molecule has 0 radical (unpaired) electrons. The van der Waals surface area contributed by atoms with E-state index in [4.69, 9.17) is 4.98 Å². The average Bonchev–Trinajstić information content (AvgIpc) is 2.82. The number of ketones is 1. The molecule has 0 aliphatic heterocycles. The maximum absolute atomic E-state index is 12.9. The molecular formula is C26H24N2O2. The molecule has 2 aromatic carbocycles. The van der Waals surface area contributed by atoms with Crippen LogP contribution in [0.25, 0.3) is 11.4 Å². The molecule has 0 bridgehead atoms. The second-order valence-electron chi connectivity index (χ2n) is 8.40. The van der Waals surface area contributed by atoms with Crippen LogP contribution in [-0.2, 0) is 16.6 Å². The number of carbonyl (C=O) groups excluding carboxylic acids is 1. The lowest BCUT2D eigenvalue weighted by Gasteiger charge is -2.50. The molecule has 150 valence electrons. The number of fused-ring (bicyclic) bond motifs is 3. The molecule has 5 rings (SSSR count). The first-order valence-electron chi connectivity index (χ1n) is 10.5. The summed E-state index contributed by atoms with van der Waals surface area (Å²) < 4.78 is 0. The van der Waals surface area contributed by atoms with Gasteiger partial charge in [0.1, 0.15) is 0 Å². The van der Waals surface area contributed by atoms with Crippen molar-refractivity contribution in [3.05, 3.63) is 95.5 Å². The number of aryl methyl sites for hydroxylation is 1. The molecule has 1 saturated carbocycles. The largest absolute Gasteiger partial charge is 0.515 e. The summed E-state index contributed by atoms with van der Waals surface area (Å²) in [7, 11) is 0. The minimum Gasteiger partial charge on any atom is -0.515 e. The van der Waals surface area contributed by atoms with Crippen molar-refractivity contribution < 1.29 is 9.90 Å². The van der Waals surface area contributed by atoms with E-state index < -0.39 is 5.41 Å². The number of nitrogens with zero attached hydrogens (tertiary/aromatic N) is 2. The lowest BCUT2D eigenvalue weighted by Crippen LogP contribution is -2.51. The minimum atomic E-state index is -0.455. The summed E-state index contributed by atoms with van der Waals surface area (Å²) in [6.45, 7) is 2.00. The number of Topliss-reactive ketones (excluding diaryl/α,β-unsaturated/α-hetero) is 1. The molecule has 1 heterocycles. The van der Waals surface area contributed by atoms with Gasteiger partial charge in [0.05, 0.1) is 12.0 Å². The second-order valence-corrected chi connectivity index (χ2v) is 8.40. The quantitative estimate of drug-likeness (QED) is 0.487. The lowest BCUT2D eigenvalue weighted by atomic mass is 9.52. The molecule has 0 unspecified atom stereocenters. The summed E-state index contributed by atoms with van der Waals surface area (Å²) in [5.74, 6) is 0.696. The third-order valence-corrected chi connectivity index (χ3v) is 6.92. The first-order valence-corrected chi connectivity index (χ1v) is 10.5. The van der Waals surface area contributed by atoms with Crippen LogP contribution in [0.5, 0.6) is 0 Å². The molecular weight excluding hydrogens is 372 g/mol. The van der Waals surface area contributed by atoms with Gasteiger partial charge in [-0.25, -0.2) is 9.97 Å². The van der Waals surface area contributed by atoms with Gasteiger partial charge in [0.25, 0.3) is 0 Å². The van der Waals surface area contributed by atoms with Gasteiger partial charge in [-0.2, -0.15) is 0 Å². The fraction of sp³-hybridized carbons (Fsp3) is 0.269. The van der Waals surface area contributed by atoms with Crippen molar-refractivity contribution in [3.63, 3.8) is 0 Å². The van der Waals surface area contributed by atoms with Gasteiger partial charge in [-0.05, 0) is 36.3 Å². The van der Waals surface area contributed by atoms with E-state index in [1.807, 2.05) is 61.7 Å². The van der Waals surface area contributed by atoms with Crippen molar-refractivity contribution in [2.45, 2.75) is 31.6 Å². The number of aliphatic hydroxyl groups is 1. The normalized spacial score (nSPS) is 26.8. The third kappa shape index (κ3) is 2.71. The van der Waals surface area contributed by atoms with E-state index in [0.717, 1.165) is 41.5 Å². The molecule has 1 N–H and O–H groups in total. The maximum atomic E-state index is 12.9. The number of aliphatic hydroxyl groups excluding tert-OH is 1. The van der Waals surface area contributed by atoms with Crippen LogP contribution in [-0.4, -0.2) is 20.9 Å².